The number of aliphatic hydroxyl groups excluding tert-OH is 2. The molecule has 19 heteroatoms. The highest BCUT2D eigenvalue weighted by atomic mass is 16.9. The molecular formula is C34H52N6O13. The largest absolute Gasteiger partial charge is 0.387 e. The SMILES string of the molecule is CC1(C)OC[C@@H]2OC3(C(O)Cc4cn(CCOCCn5cc(CC(O)C67O[C@H]8COC(C)(C)O[C@@H]8[C@H]6OC(C)(C)O7)nn5)nn4)OC(C)(C)O[C@@H]3[C@H]2O1. The van der Waals surface area contributed by atoms with Crippen LogP contribution in [0.25, 0.3) is 0 Å². The molecule has 53 heavy (non-hydrogen) atoms. The molecule has 6 fully saturated rings. The fraction of sp³-hybridized carbons (Fsp3) is 0.882. The maximum atomic E-state index is 11.5. The second-order valence-corrected chi connectivity index (χ2v) is 16.4. The summed E-state index contributed by atoms with van der Waals surface area (Å²) < 4.78 is 70.5. The summed E-state index contributed by atoms with van der Waals surface area (Å²) in [6, 6.07) is 0. The van der Waals surface area contributed by atoms with Crippen molar-refractivity contribution in [3.8, 4) is 0 Å². The molecular weight excluding hydrogens is 700 g/mol. The van der Waals surface area contributed by atoms with Crippen molar-refractivity contribution in [3.05, 3.63) is 23.8 Å². The van der Waals surface area contributed by atoms with Gasteiger partial charge < -0.3 is 62.3 Å². The van der Waals surface area contributed by atoms with Gasteiger partial charge in [0.25, 0.3) is 0 Å². The van der Waals surface area contributed by atoms with Gasteiger partial charge in [-0.25, -0.2) is 9.36 Å². The number of aliphatic hydroxyl groups is 2. The molecule has 0 saturated carbocycles. The molecule has 0 aliphatic carbocycles. The average molecular weight is 753 g/mol. The van der Waals surface area contributed by atoms with Crippen molar-refractivity contribution < 1.29 is 62.3 Å². The van der Waals surface area contributed by atoms with Gasteiger partial charge in [-0.3, -0.25) is 0 Å². The smallest absolute Gasteiger partial charge is 0.227 e. The minimum atomic E-state index is -1.45. The number of aromatic nitrogens is 6. The Morgan fingerprint density at radius 2 is 1.06 bits per heavy atom. The van der Waals surface area contributed by atoms with E-state index in [0.717, 1.165) is 0 Å². The van der Waals surface area contributed by atoms with Crippen LogP contribution in [0.3, 0.4) is 0 Å². The Morgan fingerprint density at radius 3 is 1.47 bits per heavy atom. The summed E-state index contributed by atoms with van der Waals surface area (Å²) in [5.41, 5.74) is 1.12. The van der Waals surface area contributed by atoms with E-state index in [0.29, 0.717) is 50.9 Å². The molecule has 0 spiro atoms. The Kier molecular flexibility index (Phi) is 9.37. The Balaban J connectivity index is 0.804. The van der Waals surface area contributed by atoms with E-state index in [1.54, 1.807) is 49.5 Å². The Hall–Kier alpha value is -2.24. The lowest BCUT2D eigenvalue weighted by molar-refractivity contribution is -0.336. The fourth-order valence-electron chi connectivity index (χ4n) is 8.16. The molecule has 0 bridgehead atoms. The second kappa shape index (κ2) is 13.2. The maximum absolute atomic E-state index is 11.5. The van der Waals surface area contributed by atoms with E-state index in [1.165, 1.54) is 0 Å². The van der Waals surface area contributed by atoms with Gasteiger partial charge in [0.05, 0.1) is 50.9 Å². The number of hydrogen-bond acceptors (Lipinski definition) is 17. The number of rotatable bonds is 12. The van der Waals surface area contributed by atoms with Crippen LogP contribution in [0.5, 0.6) is 0 Å². The normalized spacial score (nSPS) is 38.6. The molecule has 2 aromatic heterocycles. The number of hydrogen-bond donors (Lipinski definition) is 2. The van der Waals surface area contributed by atoms with Gasteiger partial charge in [-0.2, -0.15) is 0 Å². The van der Waals surface area contributed by atoms with E-state index >= 15 is 0 Å². The van der Waals surface area contributed by atoms with Crippen molar-refractivity contribution in [2.75, 3.05) is 26.4 Å². The molecule has 2 aromatic rings. The lowest BCUT2D eigenvalue weighted by Gasteiger charge is -2.38. The molecule has 0 aromatic carbocycles. The first kappa shape index (κ1) is 37.7. The first-order valence-corrected chi connectivity index (χ1v) is 18.3. The highest BCUT2D eigenvalue weighted by molar-refractivity contribution is 5.12. The third-order valence-electron chi connectivity index (χ3n) is 10.3. The van der Waals surface area contributed by atoms with Gasteiger partial charge >= 0.3 is 0 Å². The van der Waals surface area contributed by atoms with Gasteiger partial charge in [-0.1, -0.05) is 10.4 Å². The standard InChI is InChI=1S/C34H52N6O13/c1-29(2)44-17-21-25(48-29)27-33(46-21,52-31(5,6)50-27)23(41)13-19-15-39(37-35-19)9-11-43-12-10-40-16-20(36-38-40)14-24(42)34-28(51-32(7,8)53-34)26-22(47-34)18-45-30(3,4)49-26/h15-16,21-28,41-42H,9-14,17-18H2,1-8H3/t21-,22-,23?,24?,25-,26-,27+,28+,33?,34?/m0/s1. The minimum Gasteiger partial charge on any atom is -0.387 e. The van der Waals surface area contributed by atoms with E-state index < -0.39 is 83.6 Å². The van der Waals surface area contributed by atoms with Crippen molar-refractivity contribution in [1.82, 2.24) is 30.0 Å². The molecule has 0 amide bonds. The van der Waals surface area contributed by atoms with Gasteiger partial charge in [-0.15, -0.1) is 10.2 Å². The quantitative estimate of drug-likeness (QED) is 0.278. The van der Waals surface area contributed by atoms with Crippen LogP contribution in [-0.4, -0.2) is 150 Å². The van der Waals surface area contributed by atoms with Crippen LogP contribution in [0.15, 0.2) is 12.4 Å². The number of nitrogens with zero attached hydrogens (tertiary/aromatic N) is 6. The van der Waals surface area contributed by atoms with Crippen LogP contribution >= 0.6 is 0 Å². The van der Waals surface area contributed by atoms with E-state index in [1.807, 2.05) is 27.7 Å². The molecule has 8 heterocycles. The van der Waals surface area contributed by atoms with E-state index in [2.05, 4.69) is 20.6 Å². The second-order valence-electron chi connectivity index (χ2n) is 16.4. The summed E-state index contributed by atoms with van der Waals surface area (Å²) in [5.74, 6) is -6.49. The van der Waals surface area contributed by atoms with Crippen molar-refractivity contribution in [2.24, 2.45) is 0 Å². The predicted molar refractivity (Wildman–Crippen MR) is 175 cm³/mol. The summed E-state index contributed by atoms with van der Waals surface area (Å²) in [6.45, 7) is 16.7. The summed E-state index contributed by atoms with van der Waals surface area (Å²) in [7, 11) is 0. The van der Waals surface area contributed by atoms with Gasteiger partial charge in [0.2, 0.25) is 11.6 Å². The molecule has 19 nitrogen and oxygen atoms in total. The zero-order chi connectivity index (χ0) is 37.6. The van der Waals surface area contributed by atoms with Crippen molar-refractivity contribution in [3.63, 3.8) is 0 Å². The Bertz CT molecular complexity index is 1520. The van der Waals surface area contributed by atoms with Crippen LogP contribution in [0.1, 0.15) is 66.8 Å². The van der Waals surface area contributed by atoms with Crippen LogP contribution in [0, 0.1) is 0 Å². The zero-order valence-electron chi connectivity index (χ0n) is 31.5. The molecule has 10 atom stereocenters. The molecule has 6 aliphatic heterocycles. The predicted octanol–water partition coefficient (Wildman–Crippen LogP) is 0.189. The Morgan fingerprint density at radius 1 is 0.642 bits per heavy atom. The van der Waals surface area contributed by atoms with Gasteiger partial charge in [0.15, 0.2) is 23.1 Å². The molecule has 8 rings (SSSR count). The monoisotopic (exact) mass is 752 g/mol. The lowest BCUT2D eigenvalue weighted by atomic mass is 9.96. The summed E-state index contributed by atoms with van der Waals surface area (Å²) >= 11 is 0. The summed E-state index contributed by atoms with van der Waals surface area (Å²) in [4.78, 5) is 0. The summed E-state index contributed by atoms with van der Waals surface area (Å²) in [5, 5.41) is 39.9. The van der Waals surface area contributed by atoms with Crippen molar-refractivity contribution >= 4 is 0 Å². The van der Waals surface area contributed by atoms with Gasteiger partial charge in [-0.05, 0) is 55.4 Å². The Labute approximate surface area is 307 Å². The van der Waals surface area contributed by atoms with Gasteiger partial charge in [0, 0.05) is 25.2 Å². The van der Waals surface area contributed by atoms with Crippen molar-refractivity contribution in [1.29, 1.82) is 0 Å². The minimum absolute atomic E-state index is 0.121. The van der Waals surface area contributed by atoms with E-state index in [-0.39, 0.29) is 12.8 Å². The van der Waals surface area contributed by atoms with Gasteiger partial charge in [0.1, 0.15) is 48.8 Å². The first-order valence-electron chi connectivity index (χ1n) is 18.3. The first-order chi connectivity index (χ1) is 24.9. The topological polar surface area (TPSA) is 203 Å². The number of fused-ring (bicyclic) bond motifs is 6. The lowest BCUT2D eigenvalue weighted by Crippen LogP contribution is -2.53. The van der Waals surface area contributed by atoms with Crippen LogP contribution in [-0.2, 0) is 78.0 Å². The number of ether oxygens (including phenoxy) is 11. The molecule has 2 N–H and O–H groups in total. The zero-order valence-corrected chi connectivity index (χ0v) is 31.5. The molecule has 6 aliphatic rings. The fourth-order valence-corrected chi connectivity index (χ4v) is 8.16. The molecule has 6 saturated heterocycles. The third kappa shape index (κ3) is 7.18. The molecule has 4 unspecified atom stereocenters. The van der Waals surface area contributed by atoms with Crippen molar-refractivity contribution in [2.45, 2.75) is 165 Å². The highest BCUT2D eigenvalue weighted by Crippen LogP contribution is 2.52. The average Bonchev–Trinajstić information content (AvgIpc) is 3.89. The molecule has 296 valence electrons. The van der Waals surface area contributed by atoms with E-state index in [4.69, 9.17) is 52.1 Å². The van der Waals surface area contributed by atoms with Crippen LogP contribution < -0.4 is 0 Å². The van der Waals surface area contributed by atoms with Crippen LogP contribution in [0.2, 0.25) is 0 Å². The maximum Gasteiger partial charge on any atom is 0.227 e. The van der Waals surface area contributed by atoms with E-state index in [9.17, 15) is 10.2 Å². The van der Waals surface area contributed by atoms with Crippen LogP contribution in [0.4, 0.5) is 0 Å². The highest BCUT2D eigenvalue weighted by Gasteiger charge is 2.71. The third-order valence-corrected chi connectivity index (χ3v) is 10.3. The summed E-state index contributed by atoms with van der Waals surface area (Å²) in [6.07, 6.45) is -1.62. The molecule has 0 radical (unpaired) electrons.